The Hall–Kier alpha value is -7.42. The van der Waals surface area contributed by atoms with E-state index in [-0.39, 0.29) is 10.8 Å². The molecular formula is C60H46N2. The van der Waals surface area contributed by atoms with Gasteiger partial charge in [-0.15, -0.1) is 0 Å². The molecule has 0 heterocycles. The molecule has 0 fully saturated rings. The second kappa shape index (κ2) is 13.5. The third-order valence-electron chi connectivity index (χ3n) is 14.0. The Morgan fingerprint density at radius 1 is 0.290 bits per heavy atom. The van der Waals surface area contributed by atoms with Crippen LogP contribution in [-0.4, -0.2) is 0 Å². The number of hydrogen-bond donors (Lipinski definition) is 0. The lowest BCUT2D eigenvalue weighted by Crippen LogP contribution is -2.16. The van der Waals surface area contributed by atoms with E-state index in [0.29, 0.717) is 0 Å². The van der Waals surface area contributed by atoms with E-state index < -0.39 is 0 Å². The molecule has 12 rings (SSSR count). The standard InChI is InChI=1S/C60H46N2/c1-59(2)53-23-13-11-21-47(53)49-34-30-44(37-55(49)59)61(41-17-7-5-8-18-41)43-29-26-39-27-33-51-46(52(39)36-43)32-28-40-16-15-25-57(58(40)51)62(42-19-9-6-10-20-42)45-31-35-50-48-22-12-14-24-54(48)60(3,4)56(50)38-45/h5-38H,1-4H3. The highest BCUT2D eigenvalue weighted by Crippen LogP contribution is 2.53. The van der Waals surface area contributed by atoms with Gasteiger partial charge in [-0.1, -0.05) is 167 Å². The predicted octanol–water partition coefficient (Wildman–Crippen LogP) is 16.7. The lowest BCUT2D eigenvalue weighted by atomic mass is 9.82. The normalized spacial score (nSPS) is 14.1. The van der Waals surface area contributed by atoms with Crippen LogP contribution >= 0.6 is 0 Å². The van der Waals surface area contributed by atoms with Crippen molar-refractivity contribution in [3.63, 3.8) is 0 Å². The minimum absolute atomic E-state index is 0.0999. The molecule has 0 bridgehead atoms. The molecular weight excluding hydrogens is 749 g/mol. The topological polar surface area (TPSA) is 6.48 Å². The van der Waals surface area contributed by atoms with Crippen LogP contribution in [-0.2, 0) is 10.8 Å². The monoisotopic (exact) mass is 794 g/mol. The lowest BCUT2D eigenvalue weighted by Gasteiger charge is -2.29. The van der Waals surface area contributed by atoms with Crippen LogP contribution in [0.3, 0.4) is 0 Å². The molecule has 2 aliphatic rings. The van der Waals surface area contributed by atoms with Gasteiger partial charge in [0.25, 0.3) is 0 Å². The van der Waals surface area contributed by atoms with Crippen molar-refractivity contribution < 1.29 is 0 Å². The molecule has 0 saturated carbocycles. The number of benzene rings is 10. The smallest absolute Gasteiger partial charge is 0.0546 e. The summed E-state index contributed by atoms with van der Waals surface area (Å²) in [5, 5.41) is 7.38. The van der Waals surface area contributed by atoms with E-state index in [1.807, 2.05) is 0 Å². The van der Waals surface area contributed by atoms with Gasteiger partial charge in [0.1, 0.15) is 0 Å². The third kappa shape index (κ3) is 5.36. The van der Waals surface area contributed by atoms with E-state index in [4.69, 9.17) is 0 Å². The van der Waals surface area contributed by atoms with Crippen molar-refractivity contribution in [1.82, 2.24) is 0 Å². The lowest BCUT2D eigenvalue weighted by molar-refractivity contribution is 0.660. The molecule has 0 aliphatic heterocycles. The Kier molecular flexibility index (Phi) is 7.96. The van der Waals surface area contributed by atoms with Crippen molar-refractivity contribution in [2.24, 2.45) is 0 Å². The van der Waals surface area contributed by atoms with Crippen molar-refractivity contribution >= 4 is 66.4 Å². The summed E-state index contributed by atoms with van der Waals surface area (Å²) in [6.45, 7) is 9.45. The maximum atomic E-state index is 2.46. The molecule has 0 radical (unpaired) electrons. The summed E-state index contributed by atoms with van der Waals surface area (Å²) in [6.07, 6.45) is 0. The highest BCUT2D eigenvalue weighted by Gasteiger charge is 2.37. The third-order valence-corrected chi connectivity index (χ3v) is 14.0. The number of fused-ring (bicyclic) bond motifs is 11. The summed E-state index contributed by atoms with van der Waals surface area (Å²) in [5.41, 5.74) is 17.5. The van der Waals surface area contributed by atoms with Crippen LogP contribution < -0.4 is 9.80 Å². The maximum Gasteiger partial charge on any atom is 0.0546 e. The molecule has 62 heavy (non-hydrogen) atoms. The van der Waals surface area contributed by atoms with E-state index in [2.05, 4.69) is 244 Å². The van der Waals surface area contributed by atoms with Crippen LogP contribution in [0.4, 0.5) is 34.1 Å². The molecule has 2 nitrogen and oxygen atoms in total. The summed E-state index contributed by atoms with van der Waals surface area (Å²) in [4.78, 5) is 4.89. The van der Waals surface area contributed by atoms with Crippen LogP contribution in [0.1, 0.15) is 49.9 Å². The van der Waals surface area contributed by atoms with Crippen LogP contribution in [0.5, 0.6) is 0 Å². The van der Waals surface area contributed by atoms with E-state index in [9.17, 15) is 0 Å². The van der Waals surface area contributed by atoms with Gasteiger partial charge in [0.2, 0.25) is 0 Å². The Balaban J connectivity index is 1.05. The molecule has 296 valence electrons. The minimum Gasteiger partial charge on any atom is -0.310 e. The molecule has 0 amide bonds. The SMILES string of the molecule is CC1(C)c2ccccc2-c2ccc(N(c3ccccc3)c3ccc4ccc5c(ccc6cccc(N(c7ccccc7)c7ccc8c(c7)C(C)(C)c7ccccc7-8)c65)c4c3)cc21. The molecule has 2 aliphatic carbocycles. The second-order valence-corrected chi connectivity index (χ2v) is 18.1. The second-order valence-electron chi connectivity index (χ2n) is 18.1. The number of anilines is 6. The van der Waals surface area contributed by atoms with Crippen LogP contribution in [0.25, 0.3) is 54.6 Å². The summed E-state index contributed by atoms with van der Waals surface area (Å²) in [7, 11) is 0. The van der Waals surface area contributed by atoms with E-state index >= 15 is 0 Å². The van der Waals surface area contributed by atoms with E-state index in [1.54, 1.807) is 0 Å². The zero-order chi connectivity index (χ0) is 41.7. The fourth-order valence-electron chi connectivity index (χ4n) is 10.9. The number of para-hydroxylation sites is 2. The molecule has 0 unspecified atom stereocenters. The Labute approximate surface area is 364 Å². The van der Waals surface area contributed by atoms with Gasteiger partial charge in [-0.05, 0) is 138 Å². The van der Waals surface area contributed by atoms with Crippen molar-refractivity contribution in [1.29, 1.82) is 0 Å². The molecule has 0 atom stereocenters. The van der Waals surface area contributed by atoms with Crippen molar-refractivity contribution in [3.8, 4) is 22.3 Å². The van der Waals surface area contributed by atoms with Crippen molar-refractivity contribution in [2.45, 2.75) is 38.5 Å². The average Bonchev–Trinajstić information content (AvgIpc) is 3.68. The summed E-state index contributed by atoms with van der Waals surface area (Å²) >= 11 is 0. The van der Waals surface area contributed by atoms with Gasteiger partial charge in [0.15, 0.2) is 0 Å². The number of nitrogens with zero attached hydrogens (tertiary/aromatic N) is 2. The first kappa shape index (κ1) is 36.4. The van der Waals surface area contributed by atoms with E-state index in [0.717, 1.165) is 34.1 Å². The fraction of sp³-hybridized carbons (Fsp3) is 0.100. The van der Waals surface area contributed by atoms with Gasteiger partial charge in [0, 0.05) is 44.7 Å². The average molecular weight is 795 g/mol. The zero-order valence-corrected chi connectivity index (χ0v) is 35.5. The van der Waals surface area contributed by atoms with Gasteiger partial charge >= 0.3 is 0 Å². The molecule has 0 saturated heterocycles. The van der Waals surface area contributed by atoms with Crippen LogP contribution in [0.15, 0.2) is 206 Å². The van der Waals surface area contributed by atoms with Crippen molar-refractivity contribution in [2.75, 3.05) is 9.80 Å². The first-order valence-electron chi connectivity index (χ1n) is 21.8. The summed E-state index contributed by atoms with van der Waals surface area (Å²) in [6, 6.07) is 76.6. The van der Waals surface area contributed by atoms with Crippen LogP contribution in [0, 0.1) is 0 Å². The first-order valence-corrected chi connectivity index (χ1v) is 21.8. The Morgan fingerprint density at radius 3 is 1.39 bits per heavy atom. The predicted molar refractivity (Wildman–Crippen MR) is 263 cm³/mol. The van der Waals surface area contributed by atoms with E-state index in [1.165, 1.54) is 76.8 Å². The highest BCUT2D eigenvalue weighted by atomic mass is 15.1. The maximum absolute atomic E-state index is 2.46. The Morgan fingerprint density at radius 2 is 0.758 bits per heavy atom. The molecule has 10 aromatic carbocycles. The molecule has 10 aromatic rings. The summed E-state index contributed by atoms with van der Waals surface area (Å²) in [5.74, 6) is 0. The molecule has 0 spiro atoms. The minimum atomic E-state index is -0.110. The fourth-order valence-corrected chi connectivity index (χ4v) is 10.9. The van der Waals surface area contributed by atoms with Gasteiger partial charge in [-0.25, -0.2) is 0 Å². The number of rotatable bonds is 6. The summed E-state index contributed by atoms with van der Waals surface area (Å²) < 4.78 is 0. The zero-order valence-electron chi connectivity index (χ0n) is 35.5. The largest absolute Gasteiger partial charge is 0.310 e. The molecule has 0 aromatic heterocycles. The van der Waals surface area contributed by atoms with Gasteiger partial charge in [-0.3, -0.25) is 0 Å². The molecule has 2 heteroatoms. The Bertz CT molecular complexity index is 3410. The highest BCUT2D eigenvalue weighted by molar-refractivity contribution is 6.22. The quantitative estimate of drug-likeness (QED) is 0.155. The number of hydrogen-bond acceptors (Lipinski definition) is 2. The van der Waals surface area contributed by atoms with Crippen LogP contribution in [0.2, 0.25) is 0 Å². The first-order chi connectivity index (χ1) is 30.3. The van der Waals surface area contributed by atoms with Gasteiger partial charge in [-0.2, -0.15) is 0 Å². The van der Waals surface area contributed by atoms with Crippen molar-refractivity contribution in [3.05, 3.63) is 229 Å². The van der Waals surface area contributed by atoms with Gasteiger partial charge < -0.3 is 9.80 Å². The molecule has 0 N–H and O–H groups in total. The van der Waals surface area contributed by atoms with Gasteiger partial charge in [0.05, 0.1) is 5.69 Å².